The second-order valence-electron chi connectivity index (χ2n) is 7.23. The van der Waals surface area contributed by atoms with Crippen molar-refractivity contribution in [3.63, 3.8) is 0 Å². The van der Waals surface area contributed by atoms with Crippen LogP contribution in [0.1, 0.15) is 69.2 Å². The maximum Gasteiger partial charge on any atom is 0.227 e. The van der Waals surface area contributed by atoms with Gasteiger partial charge in [-0.1, -0.05) is 25.9 Å². The summed E-state index contributed by atoms with van der Waals surface area (Å²) >= 11 is 1.63. The van der Waals surface area contributed by atoms with Crippen molar-refractivity contribution in [2.24, 2.45) is 0 Å². The zero-order valence-electron chi connectivity index (χ0n) is 14.5. The van der Waals surface area contributed by atoms with Crippen LogP contribution in [0.5, 0.6) is 0 Å². The normalized spacial score (nSPS) is 18.8. The molecule has 0 aromatic carbocycles. The standard InChI is InChI=1S/C17H24N4O2S/c1-17(2,3)16-19-13(23-20-16)7-8-14(22)21-10-5-4-6-12(21)15-18-9-11-24-15/h9,11-12H,4-8,10H2,1-3H3/t12-/m1/s1. The summed E-state index contributed by atoms with van der Waals surface area (Å²) < 4.78 is 5.29. The molecule has 0 spiro atoms. The lowest BCUT2D eigenvalue weighted by Crippen LogP contribution is -2.38. The minimum atomic E-state index is -0.144. The molecule has 7 heteroatoms. The number of rotatable bonds is 4. The largest absolute Gasteiger partial charge is 0.339 e. The van der Waals surface area contributed by atoms with Crippen LogP contribution in [0.15, 0.2) is 16.1 Å². The van der Waals surface area contributed by atoms with Crippen LogP contribution in [-0.4, -0.2) is 32.5 Å². The van der Waals surface area contributed by atoms with Gasteiger partial charge >= 0.3 is 0 Å². The molecule has 6 nitrogen and oxygen atoms in total. The van der Waals surface area contributed by atoms with E-state index in [9.17, 15) is 4.79 Å². The highest BCUT2D eigenvalue weighted by atomic mass is 32.1. The molecule has 1 amide bonds. The van der Waals surface area contributed by atoms with Crippen LogP contribution in [0, 0.1) is 0 Å². The van der Waals surface area contributed by atoms with E-state index >= 15 is 0 Å². The highest BCUT2D eigenvalue weighted by Crippen LogP contribution is 2.32. The van der Waals surface area contributed by atoms with Gasteiger partial charge < -0.3 is 9.42 Å². The average molecular weight is 348 g/mol. The Bertz CT molecular complexity index is 675. The van der Waals surface area contributed by atoms with Crippen molar-refractivity contribution in [3.8, 4) is 0 Å². The minimum Gasteiger partial charge on any atom is -0.339 e. The van der Waals surface area contributed by atoms with Gasteiger partial charge in [-0.05, 0) is 19.3 Å². The molecule has 1 fully saturated rings. The molecule has 1 aliphatic rings. The molecule has 2 aromatic heterocycles. The summed E-state index contributed by atoms with van der Waals surface area (Å²) in [5.41, 5.74) is -0.144. The summed E-state index contributed by atoms with van der Waals surface area (Å²) in [6.07, 6.45) is 5.89. The van der Waals surface area contributed by atoms with Crippen LogP contribution in [0.4, 0.5) is 0 Å². The molecule has 0 saturated carbocycles. The van der Waals surface area contributed by atoms with E-state index in [1.165, 1.54) is 0 Å². The number of hydrogen-bond acceptors (Lipinski definition) is 6. The molecule has 2 aromatic rings. The van der Waals surface area contributed by atoms with Crippen LogP contribution in [0.2, 0.25) is 0 Å². The van der Waals surface area contributed by atoms with Crippen LogP contribution in [-0.2, 0) is 16.6 Å². The van der Waals surface area contributed by atoms with E-state index in [1.807, 2.05) is 37.2 Å². The third-order valence-corrected chi connectivity index (χ3v) is 5.13. The minimum absolute atomic E-state index is 0.124. The predicted octanol–water partition coefficient (Wildman–Crippen LogP) is 3.51. The zero-order chi connectivity index (χ0) is 17.2. The number of hydrogen-bond donors (Lipinski definition) is 0. The first kappa shape index (κ1) is 17.1. The molecule has 1 aliphatic heterocycles. The van der Waals surface area contributed by atoms with Crippen LogP contribution in [0.25, 0.3) is 0 Å². The van der Waals surface area contributed by atoms with E-state index in [-0.39, 0.29) is 17.4 Å². The SMILES string of the molecule is CC(C)(C)c1noc(CCC(=O)N2CCCC[C@@H]2c2nccs2)n1. The third-order valence-electron chi connectivity index (χ3n) is 4.25. The first-order valence-electron chi connectivity index (χ1n) is 8.47. The molecule has 1 atom stereocenters. The van der Waals surface area contributed by atoms with Gasteiger partial charge in [0.1, 0.15) is 5.01 Å². The van der Waals surface area contributed by atoms with E-state index in [2.05, 4.69) is 15.1 Å². The Kier molecular flexibility index (Phi) is 4.99. The van der Waals surface area contributed by atoms with Gasteiger partial charge in [-0.25, -0.2) is 4.98 Å². The number of aromatic nitrogens is 3. The molecular weight excluding hydrogens is 324 g/mol. The monoisotopic (exact) mass is 348 g/mol. The topological polar surface area (TPSA) is 72.1 Å². The summed E-state index contributed by atoms with van der Waals surface area (Å²) in [5, 5.41) is 7.02. The second kappa shape index (κ2) is 7.01. The molecule has 3 rings (SSSR count). The predicted molar refractivity (Wildman–Crippen MR) is 91.7 cm³/mol. The van der Waals surface area contributed by atoms with Gasteiger partial charge in [0.05, 0.1) is 6.04 Å². The number of nitrogens with zero attached hydrogens (tertiary/aromatic N) is 4. The van der Waals surface area contributed by atoms with Crippen molar-refractivity contribution >= 4 is 17.2 Å². The first-order valence-corrected chi connectivity index (χ1v) is 9.35. The van der Waals surface area contributed by atoms with Gasteiger partial charge in [-0.2, -0.15) is 4.98 Å². The Balaban J connectivity index is 1.62. The molecule has 0 N–H and O–H groups in total. The smallest absolute Gasteiger partial charge is 0.227 e. The van der Waals surface area contributed by atoms with Crippen molar-refractivity contribution in [2.45, 2.75) is 64.3 Å². The van der Waals surface area contributed by atoms with Crippen molar-refractivity contribution in [1.29, 1.82) is 0 Å². The first-order chi connectivity index (χ1) is 11.4. The summed E-state index contributed by atoms with van der Waals surface area (Å²) in [4.78, 5) is 23.5. The maximum absolute atomic E-state index is 12.7. The van der Waals surface area contributed by atoms with E-state index in [1.54, 1.807) is 11.3 Å². The highest BCUT2D eigenvalue weighted by Gasteiger charge is 2.29. The fraction of sp³-hybridized carbons (Fsp3) is 0.647. The quantitative estimate of drug-likeness (QED) is 0.845. The fourth-order valence-electron chi connectivity index (χ4n) is 2.90. The second-order valence-corrected chi connectivity index (χ2v) is 8.16. The number of thiazole rings is 1. The molecule has 0 aliphatic carbocycles. The fourth-order valence-corrected chi connectivity index (χ4v) is 3.69. The highest BCUT2D eigenvalue weighted by molar-refractivity contribution is 7.09. The number of piperidine rings is 1. The Morgan fingerprint density at radius 3 is 2.92 bits per heavy atom. The lowest BCUT2D eigenvalue weighted by atomic mass is 9.96. The Morgan fingerprint density at radius 1 is 1.42 bits per heavy atom. The van der Waals surface area contributed by atoms with Crippen molar-refractivity contribution in [2.75, 3.05) is 6.54 Å². The lowest BCUT2D eigenvalue weighted by molar-refractivity contribution is -0.135. The van der Waals surface area contributed by atoms with Gasteiger partial charge in [0.25, 0.3) is 0 Å². The van der Waals surface area contributed by atoms with E-state index in [0.29, 0.717) is 24.6 Å². The maximum atomic E-state index is 12.7. The number of likely N-dealkylation sites (tertiary alicyclic amines) is 1. The van der Waals surface area contributed by atoms with Crippen LogP contribution < -0.4 is 0 Å². The Labute approximate surface area is 146 Å². The van der Waals surface area contributed by atoms with Crippen molar-refractivity contribution < 1.29 is 9.32 Å². The molecule has 130 valence electrons. The molecule has 3 heterocycles. The van der Waals surface area contributed by atoms with E-state index in [0.717, 1.165) is 30.8 Å². The number of amides is 1. The number of carbonyl (C=O) groups is 1. The zero-order valence-corrected chi connectivity index (χ0v) is 15.3. The molecule has 0 unspecified atom stereocenters. The third kappa shape index (κ3) is 3.83. The Hall–Kier alpha value is -1.76. The summed E-state index contributed by atoms with van der Waals surface area (Å²) in [5.74, 6) is 1.37. The van der Waals surface area contributed by atoms with Gasteiger partial charge in [0, 0.05) is 36.4 Å². The van der Waals surface area contributed by atoms with Crippen LogP contribution in [0.3, 0.4) is 0 Å². The summed E-state index contributed by atoms with van der Waals surface area (Å²) in [7, 11) is 0. The van der Waals surface area contributed by atoms with Gasteiger partial charge in [-0.15, -0.1) is 11.3 Å². The van der Waals surface area contributed by atoms with E-state index < -0.39 is 0 Å². The van der Waals surface area contributed by atoms with Gasteiger partial charge in [0.15, 0.2) is 5.82 Å². The molecule has 0 radical (unpaired) electrons. The summed E-state index contributed by atoms with van der Waals surface area (Å²) in [6, 6.07) is 0.124. The number of carbonyl (C=O) groups excluding carboxylic acids is 1. The lowest BCUT2D eigenvalue weighted by Gasteiger charge is -2.34. The van der Waals surface area contributed by atoms with Crippen LogP contribution >= 0.6 is 11.3 Å². The van der Waals surface area contributed by atoms with Gasteiger partial charge in [0.2, 0.25) is 11.8 Å². The molecule has 24 heavy (non-hydrogen) atoms. The molecule has 0 bridgehead atoms. The van der Waals surface area contributed by atoms with Gasteiger partial charge in [-0.3, -0.25) is 4.79 Å². The molecule has 1 saturated heterocycles. The average Bonchev–Trinajstić information content (AvgIpc) is 3.23. The van der Waals surface area contributed by atoms with Crippen molar-refractivity contribution in [3.05, 3.63) is 28.3 Å². The van der Waals surface area contributed by atoms with Crippen molar-refractivity contribution in [1.82, 2.24) is 20.0 Å². The Morgan fingerprint density at radius 2 is 2.25 bits per heavy atom. The number of aryl methyl sites for hydroxylation is 1. The molecular formula is C17H24N4O2S. The summed E-state index contributed by atoms with van der Waals surface area (Å²) in [6.45, 7) is 6.93. The van der Waals surface area contributed by atoms with E-state index in [4.69, 9.17) is 4.52 Å².